The van der Waals surface area contributed by atoms with Crippen LogP contribution in [0.4, 0.5) is 4.79 Å². The van der Waals surface area contributed by atoms with Gasteiger partial charge in [0.2, 0.25) is 0 Å². The van der Waals surface area contributed by atoms with E-state index in [-0.39, 0.29) is 12.6 Å². The minimum Gasteiger partial charge on any atom is -0.319 e. The third kappa shape index (κ3) is 1.78. The van der Waals surface area contributed by atoms with Gasteiger partial charge in [0.25, 0.3) is 0 Å². The molecule has 5 nitrogen and oxygen atoms in total. The highest BCUT2D eigenvalue weighted by molar-refractivity contribution is 5.79. The molecule has 0 aromatic carbocycles. The molecule has 0 saturated carbocycles. The number of nitrogens with two attached hydrogens (primary N) is 1. The van der Waals surface area contributed by atoms with Crippen molar-refractivity contribution < 1.29 is 9.59 Å². The molecule has 2 amide bonds. The van der Waals surface area contributed by atoms with Crippen LogP contribution in [0.5, 0.6) is 0 Å². The van der Waals surface area contributed by atoms with Crippen molar-refractivity contribution in [1.82, 2.24) is 10.2 Å². The zero-order valence-corrected chi connectivity index (χ0v) is 5.86. The third-order valence-electron chi connectivity index (χ3n) is 1.30. The van der Waals surface area contributed by atoms with E-state index in [0.29, 0.717) is 6.29 Å². The molecule has 1 heterocycles. The summed E-state index contributed by atoms with van der Waals surface area (Å²) in [7, 11) is 0. The minimum absolute atomic E-state index is 0.0645. The number of nitrogens with one attached hydrogen (secondary N) is 1. The minimum atomic E-state index is -0.439. The summed E-state index contributed by atoms with van der Waals surface area (Å²) >= 11 is 0. The van der Waals surface area contributed by atoms with Gasteiger partial charge in [-0.3, -0.25) is 4.90 Å². The lowest BCUT2D eigenvalue weighted by Crippen LogP contribution is -2.49. The van der Waals surface area contributed by atoms with Gasteiger partial charge in [-0.05, 0) is 6.08 Å². The highest BCUT2D eigenvalue weighted by Gasteiger charge is 2.15. The molecule has 0 saturated heterocycles. The highest BCUT2D eigenvalue weighted by Crippen LogP contribution is 1.96. The van der Waals surface area contributed by atoms with Crippen LogP contribution in [0.15, 0.2) is 12.3 Å². The van der Waals surface area contributed by atoms with Crippen molar-refractivity contribution >= 4 is 12.3 Å². The van der Waals surface area contributed by atoms with Crippen LogP contribution >= 0.6 is 0 Å². The van der Waals surface area contributed by atoms with Gasteiger partial charge in [0.15, 0.2) is 0 Å². The standard InChI is InChI=1S/C6H9N3O2/c7-5-1-2-9(3-4-10)6(11)8-5/h1-2,4-5H,3,7H2,(H,8,11). The maximum atomic E-state index is 10.9. The van der Waals surface area contributed by atoms with Crippen molar-refractivity contribution in [3.05, 3.63) is 12.3 Å². The molecule has 5 heteroatoms. The zero-order chi connectivity index (χ0) is 8.27. The molecule has 0 aromatic heterocycles. The molecule has 0 spiro atoms. The smallest absolute Gasteiger partial charge is 0.319 e. The Morgan fingerprint density at radius 2 is 2.55 bits per heavy atom. The van der Waals surface area contributed by atoms with Crippen LogP contribution in [-0.4, -0.2) is 29.9 Å². The van der Waals surface area contributed by atoms with Crippen LogP contribution in [0, 0.1) is 0 Å². The predicted octanol–water partition coefficient (Wildman–Crippen LogP) is -0.991. The molecule has 0 fully saturated rings. The number of aldehydes is 1. The summed E-state index contributed by atoms with van der Waals surface area (Å²) in [6.07, 6.45) is 3.31. The van der Waals surface area contributed by atoms with E-state index in [0.717, 1.165) is 0 Å². The van der Waals surface area contributed by atoms with Crippen LogP contribution in [0.2, 0.25) is 0 Å². The van der Waals surface area contributed by atoms with E-state index in [9.17, 15) is 9.59 Å². The number of nitrogens with zero attached hydrogens (tertiary/aromatic N) is 1. The van der Waals surface area contributed by atoms with Crippen LogP contribution in [0.3, 0.4) is 0 Å². The summed E-state index contributed by atoms with van der Waals surface area (Å²) in [5.74, 6) is 0. The van der Waals surface area contributed by atoms with Crippen molar-refractivity contribution in [3.63, 3.8) is 0 Å². The first kappa shape index (κ1) is 7.74. The summed E-state index contributed by atoms with van der Waals surface area (Å²) in [6, 6.07) is -0.341. The summed E-state index contributed by atoms with van der Waals surface area (Å²) in [5.41, 5.74) is 5.35. The number of rotatable bonds is 2. The molecule has 0 radical (unpaired) electrons. The van der Waals surface area contributed by atoms with Crippen molar-refractivity contribution in [2.45, 2.75) is 6.17 Å². The first-order valence-electron chi connectivity index (χ1n) is 3.18. The second-order valence-electron chi connectivity index (χ2n) is 2.14. The Kier molecular flexibility index (Phi) is 2.22. The molecule has 0 bridgehead atoms. The highest BCUT2D eigenvalue weighted by atomic mass is 16.2. The fourth-order valence-electron chi connectivity index (χ4n) is 0.762. The maximum Gasteiger partial charge on any atom is 0.323 e. The summed E-state index contributed by atoms with van der Waals surface area (Å²) < 4.78 is 0. The normalized spacial score (nSPS) is 23.2. The monoisotopic (exact) mass is 155 g/mol. The van der Waals surface area contributed by atoms with Gasteiger partial charge in [-0.15, -0.1) is 0 Å². The lowest BCUT2D eigenvalue weighted by molar-refractivity contribution is -0.108. The Balaban J connectivity index is 2.60. The Hall–Kier alpha value is -1.36. The van der Waals surface area contributed by atoms with Gasteiger partial charge in [0.05, 0.1) is 12.7 Å². The number of urea groups is 1. The summed E-state index contributed by atoms with van der Waals surface area (Å²) in [6.45, 7) is 0.0645. The number of hydrogen-bond donors (Lipinski definition) is 2. The zero-order valence-electron chi connectivity index (χ0n) is 5.86. The first-order chi connectivity index (χ1) is 5.24. The van der Waals surface area contributed by atoms with Crippen LogP contribution in [0.25, 0.3) is 0 Å². The molecule has 60 valence electrons. The lowest BCUT2D eigenvalue weighted by Gasteiger charge is -2.23. The average molecular weight is 155 g/mol. The molecule has 1 unspecified atom stereocenters. The van der Waals surface area contributed by atoms with E-state index in [1.54, 1.807) is 6.08 Å². The Morgan fingerprint density at radius 3 is 3.09 bits per heavy atom. The van der Waals surface area contributed by atoms with E-state index in [2.05, 4.69) is 5.32 Å². The largest absolute Gasteiger partial charge is 0.323 e. The van der Waals surface area contributed by atoms with Gasteiger partial charge in [-0.25, -0.2) is 4.79 Å². The SMILES string of the molecule is NC1C=CN(CC=O)C(=O)N1. The van der Waals surface area contributed by atoms with E-state index >= 15 is 0 Å². The summed E-state index contributed by atoms with van der Waals surface area (Å²) in [4.78, 5) is 22.2. The van der Waals surface area contributed by atoms with Gasteiger partial charge < -0.3 is 15.8 Å². The maximum absolute atomic E-state index is 10.9. The molecular formula is C6H9N3O2. The average Bonchev–Trinajstić information content (AvgIpc) is 1.95. The number of carbonyl (C=O) groups excluding carboxylic acids is 2. The van der Waals surface area contributed by atoms with E-state index in [4.69, 9.17) is 5.73 Å². The molecule has 11 heavy (non-hydrogen) atoms. The second-order valence-corrected chi connectivity index (χ2v) is 2.14. The van der Waals surface area contributed by atoms with Crippen molar-refractivity contribution in [3.8, 4) is 0 Å². The molecule has 1 atom stereocenters. The van der Waals surface area contributed by atoms with Gasteiger partial charge in [-0.2, -0.15) is 0 Å². The van der Waals surface area contributed by atoms with Gasteiger partial charge in [0, 0.05) is 6.20 Å². The Morgan fingerprint density at radius 1 is 1.82 bits per heavy atom. The van der Waals surface area contributed by atoms with Gasteiger partial charge in [-0.1, -0.05) is 0 Å². The number of carbonyl (C=O) groups is 2. The molecule has 1 rings (SSSR count). The van der Waals surface area contributed by atoms with Crippen molar-refractivity contribution in [1.29, 1.82) is 0 Å². The van der Waals surface area contributed by atoms with Crippen LogP contribution in [0.1, 0.15) is 0 Å². The molecule has 1 aliphatic heterocycles. The molecular weight excluding hydrogens is 146 g/mol. The van der Waals surface area contributed by atoms with Crippen LogP contribution < -0.4 is 11.1 Å². The van der Waals surface area contributed by atoms with Gasteiger partial charge in [0.1, 0.15) is 6.29 Å². The quantitative estimate of drug-likeness (QED) is 0.503. The number of hydrogen-bond acceptors (Lipinski definition) is 3. The topological polar surface area (TPSA) is 75.4 Å². The Labute approximate surface area is 63.8 Å². The lowest BCUT2D eigenvalue weighted by atomic mass is 10.4. The number of amides is 2. The molecule has 3 N–H and O–H groups in total. The fraction of sp³-hybridized carbons (Fsp3) is 0.333. The van der Waals surface area contributed by atoms with E-state index < -0.39 is 6.17 Å². The first-order valence-corrected chi connectivity index (χ1v) is 3.18. The van der Waals surface area contributed by atoms with Gasteiger partial charge >= 0.3 is 6.03 Å². The molecule has 0 aromatic rings. The second kappa shape index (κ2) is 3.16. The third-order valence-corrected chi connectivity index (χ3v) is 1.30. The van der Waals surface area contributed by atoms with Crippen molar-refractivity contribution in [2.75, 3.05) is 6.54 Å². The summed E-state index contributed by atoms with van der Waals surface area (Å²) in [5, 5.41) is 2.43. The molecule has 0 aliphatic carbocycles. The van der Waals surface area contributed by atoms with Crippen LogP contribution in [-0.2, 0) is 4.79 Å². The van der Waals surface area contributed by atoms with E-state index in [1.165, 1.54) is 11.1 Å². The van der Waals surface area contributed by atoms with Crippen molar-refractivity contribution in [2.24, 2.45) is 5.73 Å². The predicted molar refractivity (Wildman–Crippen MR) is 38.4 cm³/mol. The molecule has 1 aliphatic rings. The van der Waals surface area contributed by atoms with E-state index in [1.807, 2.05) is 0 Å². The fourth-order valence-corrected chi connectivity index (χ4v) is 0.762. The Bertz CT molecular complexity index is 202.